The molecule has 3 rings (SSSR count). The van der Waals surface area contributed by atoms with Crippen molar-refractivity contribution in [2.75, 3.05) is 0 Å². The number of hydrogen-bond acceptors (Lipinski definition) is 2. The van der Waals surface area contributed by atoms with E-state index in [2.05, 4.69) is 15.9 Å². The molecule has 19 heavy (non-hydrogen) atoms. The van der Waals surface area contributed by atoms with Gasteiger partial charge in [0.2, 0.25) is 0 Å². The summed E-state index contributed by atoms with van der Waals surface area (Å²) in [6, 6.07) is 15.7. The second-order valence-electron chi connectivity index (χ2n) is 4.50. The van der Waals surface area contributed by atoms with E-state index in [0.29, 0.717) is 6.42 Å². The lowest BCUT2D eigenvalue weighted by Crippen LogP contribution is -2.01. The van der Waals surface area contributed by atoms with E-state index in [1.165, 1.54) is 0 Å². The Morgan fingerprint density at radius 2 is 1.79 bits per heavy atom. The molecule has 0 saturated heterocycles. The van der Waals surface area contributed by atoms with Crippen molar-refractivity contribution < 1.29 is 9.52 Å². The minimum atomic E-state index is -0.567. The summed E-state index contributed by atoms with van der Waals surface area (Å²) in [4.78, 5) is 0. The van der Waals surface area contributed by atoms with Crippen molar-refractivity contribution >= 4 is 26.9 Å². The van der Waals surface area contributed by atoms with Gasteiger partial charge in [-0.25, -0.2) is 0 Å². The van der Waals surface area contributed by atoms with E-state index in [-0.39, 0.29) is 0 Å². The number of rotatable bonds is 3. The lowest BCUT2D eigenvalue weighted by Gasteiger charge is -2.10. The van der Waals surface area contributed by atoms with Crippen molar-refractivity contribution in [3.8, 4) is 0 Å². The number of aliphatic hydroxyl groups excluding tert-OH is 1. The van der Waals surface area contributed by atoms with Crippen LogP contribution in [0.1, 0.15) is 17.2 Å². The van der Waals surface area contributed by atoms with Crippen LogP contribution in [0.4, 0.5) is 0 Å². The molecule has 3 heteroatoms. The highest BCUT2D eigenvalue weighted by atomic mass is 79.9. The molecule has 0 aliphatic carbocycles. The van der Waals surface area contributed by atoms with E-state index < -0.39 is 6.10 Å². The molecule has 96 valence electrons. The molecule has 1 aromatic heterocycles. The Kier molecular flexibility index (Phi) is 3.40. The average molecular weight is 317 g/mol. The second-order valence-corrected chi connectivity index (χ2v) is 5.35. The third-order valence-electron chi connectivity index (χ3n) is 3.24. The Bertz CT molecular complexity index is 703. The number of para-hydroxylation sites is 1. The smallest absolute Gasteiger partial charge is 0.134 e. The zero-order chi connectivity index (χ0) is 13.2. The molecule has 1 atom stereocenters. The molecular weight excluding hydrogens is 304 g/mol. The highest BCUT2D eigenvalue weighted by molar-refractivity contribution is 9.10. The van der Waals surface area contributed by atoms with Gasteiger partial charge in [0, 0.05) is 21.8 Å². The first-order valence-corrected chi connectivity index (χ1v) is 6.92. The summed E-state index contributed by atoms with van der Waals surface area (Å²) in [5, 5.41) is 11.4. The fourth-order valence-corrected chi connectivity index (χ4v) is 2.69. The molecule has 0 radical (unpaired) electrons. The molecule has 0 spiro atoms. The molecule has 0 aliphatic heterocycles. The zero-order valence-electron chi connectivity index (χ0n) is 10.2. The second kappa shape index (κ2) is 5.19. The Morgan fingerprint density at radius 1 is 1.05 bits per heavy atom. The molecule has 3 aromatic rings. The van der Waals surface area contributed by atoms with Crippen LogP contribution in [0.5, 0.6) is 0 Å². The average Bonchev–Trinajstić information content (AvgIpc) is 2.85. The molecular formula is C16H13BrO2. The summed E-state index contributed by atoms with van der Waals surface area (Å²) in [5.74, 6) is 0. The van der Waals surface area contributed by atoms with Crippen molar-refractivity contribution in [1.29, 1.82) is 0 Å². The maximum absolute atomic E-state index is 10.4. The summed E-state index contributed by atoms with van der Waals surface area (Å²) in [6.45, 7) is 0. The van der Waals surface area contributed by atoms with Crippen molar-refractivity contribution in [2.45, 2.75) is 12.5 Å². The van der Waals surface area contributed by atoms with Gasteiger partial charge in [-0.3, -0.25) is 0 Å². The summed E-state index contributed by atoms with van der Waals surface area (Å²) in [6.07, 6.45) is 1.64. The monoisotopic (exact) mass is 316 g/mol. The Balaban J connectivity index is 1.92. The first-order valence-electron chi connectivity index (χ1n) is 6.13. The van der Waals surface area contributed by atoms with E-state index in [0.717, 1.165) is 26.6 Å². The topological polar surface area (TPSA) is 33.4 Å². The highest BCUT2D eigenvalue weighted by Crippen LogP contribution is 2.30. The predicted molar refractivity (Wildman–Crippen MR) is 79.0 cm³/mol. The zero-order valence-corrected chi connectivity index (χ0v) is 11.8. The first-order chi connectivity index (χ1) is 9.25. The molecule has 1 unspecified atom stereocenters. The lowest BCUT2D eigenvalue weighted by atomic mass is 10.0. The largest absolute Gasteiger partial charge is 0.464 e. The molecule has 0 bridgehead atoms. The molecule has 2 nitrogen and oxygen atoms in total. The predicted octanol–water partition coefficient (Wildman–Crippen LogP) is 4.47. The summed E-state index contributed by atoms with van der Waals surface area (Å²) in [7, 11) is 0. The Labute approximate surface area is 119 Å². The fourth-order valence-electron chi connectivity index (χ4n) is 2.24. The molecule has 1 heterocycles. The maximum Gasteiger partial charge on any atom is 0.134 e. The van der Waals surface area contributed by atoms with Crippen LogP contribution in [0.2, 0.25) is 0 Å². The molecule has 1 N–H and O–H groups in total. The van der Waals surface area contributed by atoms with E-state index in [9.17, 15) is 5.11 Å². The van der Waals surface area contributed by atoms with Gasteiger partial charge in [-0.05, 0) is 17.7 Å². The number of aliphatic hydroxyl groups is 1. The van der Waals surface area contributed by atoms with E-state index in [1.807, 2.05) is 48.5 Å². The van der Waals surface area contributed by atoms with Crippen LogP contribution in [0, 0.1) is 0 Å². The molecule has 0 fully saturated rings. The summed E-state index contributed by atoms with van der Waals surface area (Å²) in [5.41, 5.74) is 2.73. The van der Waals surface area contributed by atoms with Gasteiger partial charge in [0.15, 0.2) is 0 Å². The number of hydrogen-bond donors (Lipinski definition) is 1. The standard InChI is InChI=1S/C16H13BrO2/c17-14-7-3-1-5-11(14)9-15(18)13-10-19-16-8-4-2-6-12(13)16/h1-8,10,15,18H,9H2. The van der Waals surface area contributed by atoms with Gasteiger partial charge in [0.1, 0.15) is 5.58 Å². The molecule has 0 aliphatic rings. The Hall–Kier alpha value is -1.58. The van der Waals surface area contributed by atoms with E-state index in [1.54, 1.807) is 6.26 Å². The van der Waals surface area contributed by atoms with Crippen LogP contribution in [-0.2, 0) is 6.42 Å². The SMILES string of the molecule is OC(Cc1ccccc1Br)c1coc2ccccc12. The van der Waals surface area contributed by atoms with Crippen molar-refractivity contribution in [3.63, 3.8) is 0 Å². The molecule has 2 aromatic carbocycles. The third-order valence-corrected chi connectivity index (χ3v) is 4.01. The number of benzene rings is 2. The normalized spacial score (nSPS) is 12.7. The van der Waals surface area contributed by atoms with Crippen molar-refractivity contribution in [1.82, 2.24) is 0 Å². The minimum Gasteiger partial charge on any atom is -0.464 e. The highest BCUT2D eigenvalue weighted by Gasteiger charge is 2.15. The lowest BCUT2D eigenvalue weighted by molar-refractivity contribution is 0.178. The van der Waals surface area contributed by atoms with Gasteiger partial charge < -0.3 is 9.52 Å². The van der Waals surface area contributed by atoms with Crippen LogP contribution < -0.4 is 0 Å². The van der Waals surface area contributed by atoms with Crippen LogP contribution in [0.15, 0.2) is 63.7 Å². The fraction of sp³-hybridized carbons (Fsp3) is 0.125. The summed E-state index contributed by atoms with van der Waals surface area (Å²) < 4.78 is 6.48. The van der Waals surface area contributed by atoms with Gasteiger partial charge in [-0.15, -0.1) is 0 Å². The van der Waals surface area contributed by atoms with Crippen molar-refractivity contribution in [2.24, 2.45) is 0 Å². The van der Waals surface area contributed by atoms with Gasteiger partial charge in [0.05, 0.1) is 12.4 Å². The van der Waals surface area contributed by atoms with E-state index >= 15 is 0 Å². The third kappa shape index (κ3) is 2.44. The number of furan rings is 1. The van der Waals surface area contributed by atoms with Gasteiger partial charge >= 0.3 is 0 Å². The van der Waals surface area contributed by atoms with Gasteiger partial charge in [-0.1, -0.05) is 52.3 Å². The minimum absolute atomic E-state index is 0.560. The number of fused-ring (bicyclic) bond motifs is 1. The quantitative estimate of drug-likeness (QED) is 0.773. The maximum atomic E-state index is 10.4. The van der Waals surface area contributed by atoms with Crippen molar-refractivity contribution in [3.05, 3.63) is 70.4 Å². The van der Waals surface area contributed by atoms with Gasteiger partial charge in [-0.2, -0.15) is 0 Å². The van der Waals surface area contributed by atoms with Crippen LogP contribution >= 0.6 is 15.9 Å². The Morgan fingerprint density at radius 3 is 2.63 bits per heavy atom. The van der Waals surface area contributed by atoms with Crippen LogP contribution in [0.3, 0.4) is 0 Å². The summed E-state index contributed by atoms with van der Waals surface area (Å²) >= 11 is 3.50. The van der Waals surface area contributed by atoms with E-state index in [4.69, 9.17) is 4.42 Å². The van der Waals surface area contributed by atoms with Crippen LogP contribution in [-0.4, -0.2) is 5.11 Å². The first kappa shape index (κ1) is 12.5. The molecule has 0 amide bonds. The number of halogens is 1. The van der Waals surface area contributed by atoms with Crippen LogP contribution in [0.25, 0.3) is 11.0 Å². The van der Waals surface area contributed by atoms with Gasteiger partial charge in [0.25, 0.3) is 0 Å². The molecule has 0 saturated carbocycles.